The van der Waals surface area contributed by atoms with E-state index in [2.05, 4.69) is 15.7 Å². The highest BCUT2D eigenvalue weighted by Gasteiger charge is 2.18. The maximum atomic E-state index is 12.4. The van der Waals surface area contributed by atoms with E-state index in [1.54, 1.807) is 23.9 Å². The van der Waals surface area contributed by atoms with Crippen molar-refractivity contribution in [2.24, 2.45) is 0 Å². The lowest BCUT2D eigenvalue weighted by Gasteiger charge is -2.15. The molecule has 1 heterocycles. The van der Waals surface area contributed by atoms with Gasteiger partial charge in [-0.2, -0.15) is 5.10 Å². The zero-order valence-electron chi connectivity index (χ0n) is 15.5. The van der Waals surface area contributed by atoms with E-state index in [0.717, 1.165) is 11.1 Å². The van der Waals surface area contributed by atoms with Gasteiger partial charge in [-0.25, -0.2) is 9.48 Å². The molecule has 0 spiro atoms. The summed E-state index contributed by atoms with van der Waals surface area (Å²) in [6.45, 7) is 2.27. The van der Waals surface area contributed by atoms with E-state index in [9.17, 15) is 9.59 Å². The number of carbonyl (C=O) groups is 2. The Morgan fingerprint density at radius 1 is 1.00 bits per heavy atom. The molecule has 7 heteroatoms. The van der Waals surface area contributed by atoms with Crippen LogP contribution in [0.1, 0.15) is 18.1 Å². The van der Waals surface area contributed by atoms with E-state index in [4.69, 9.17) is 4.74 Å². The lowest BCUT2D eigenvalue weighted by Crippen LogP contribution is -2.42. The first kappa shape index (κ1) is 19.2. The van der Waals surface area contributed by atoms with E-state index < -0.39 is 12.1 Å². The summed E-state index contributed by atoms with van der Waals surface area (Å²) >= 11 is 0. The lowest BCUT2D eigenvalue weighted by atomic mass is 10.2. The summed E-state index contributed by atoms with van der Waals surface area (Å²) in [7, 11) is 0. The van der Waals surface area contributed by atoms with Gasteiger partial charge in [0.1, 0.15) is 18.5 Å². The van der Waals surface area contributed by atoms with Crippen LogP contribution in [0.15, 0.2) is 72.9 Å². The molecule has 0 fully saturated rings. The molecule has 2 aromatic carbocycles. The zero-order chi connectivity index (χ0) is 19.8. The standard InChI is InChI=1S/C21H22N4O3/c1-16(23-21(27)28-15-18-10-6-3-7-11-18)20(26)24-19-12-13-22-25(19)14-17-8-4-2-5-9-17/h2-13,16H,14-15H2,1H3,(H,23,27)(H,24,26)/t16-/m1/s1. The molecule has 0 bridgehead atoms. The molecule has 3 aromatic rings. The van der Waals surface area contributed by atoms with Crippen molar-refractivity contribution in [1.82, 2.24) is 15.1 Å². The van der Waals surface area contributed by atoms with Gasteiger partial charge in [-0.1, -0.05) is 60.7 Å². The summed E-state index contributed by atoms with van der Waals surface area (Å²) in [5.41, 5.74) is 1.94. The monoisotopic (exact) mass is 378 g/mol. The van der Waals surface area contributed by atoms with Crippen LogP contribution in [-0.2, 0) is 22.7 Å². The Kier molecular flexibility index (Phi) is 6.41. The molecule has 0 unspecified atom stereocenters. The minimum Gasteiger partial charge on any atom is -0.445 e. The van der Waals surface area contributed by atoms with Gasteiger partial charge in [-0.3, -0.25) is 4.79 Å². The number of anilines is 1. The number of amides is 2. The van der Waals surface area contributed by atoms with Crippen molar-refractivity contribution in [1.29, 1.82) is 0 Å². The summed E-state index contributed by atoms with van der Waals surface area (Å²) in [6.07, 6.45) is 0.967. The molecule has 1 atom stereocenters. The van der Waals surface area contributed by atoms with Crippen molar-refractivity contribution in [3.05, 3.63) is 84.1 Å². The minimum atomic E-state index is -0.761. The molecule has 28 heavy (non-hydrogen) atoms. The molecule has 0 aliphatic rings. The number of rotatable bonds is 7. The lowest BCUT2D eigenvalue weighted by molar-refractivity contribution is -0.117. The molecule has 3 rings (SSSR count). The maximum absolute atomic E-state index is 12.4. The summed E-state index contributed by atoms with van der Waals surface area (Å²) in [5, 5.41) is 9.55. The fourth-order valence-corrected chi connectivity index (χ4v) is 2.56. The smallest absolute Gasteiger partial charge is 0.408 e. The topological polar surface area (TPSA) is 85.2 Å². The predicted octanol–water partition coefficient (Wildman–Crippen LogP) is 3.18. The molecule has 0 saturated carbocycles. The Balaban J connectivity index is 1.50. The van der Waals surface area contributed by atoms with Crippen molar-refractivity contribution in [3.8, 4) is 0 Å². The normalized spacial score (nSPS) is 11.5. The molecule has 1 aromatic heterocycles. The van der Waals surface area contributed by atoms with Gasteiger partial charge in [0.05, 0.1) is 12.7 Å². The number of hydrogen-bond donors (Lipinski definition) is 2. The molecule has 0 saturated heterocycles. The average molecular weight is 378 g/mol. The quantitative estimate of drug-likeness (QED) is 0.661. The number of nitrogens with zero attached hydrogens (tertiary/aromatic N) is 2. The first-order valence-corrected chi connectivity index (χ1v) is 8.95. The first-order chi connectivity index (χ1) is 13.6. The van der Waals surface area contributed by atoms with E-state index in [1.807, 2.05) is 60.7 Å². The van der Waals surface area contributed by atoms with Crippen molar-refractivity contribution in [2.45, 2.75) is 26.1 Å². The van der Waals surface area contributed by atoms with Gasteiger partial charge >= 0.3 is 6.09 Å². The van der Waals surface area contributed by atoms with Crippen LogP contribution in [0.2, 0.25) is 0 Å². The molecule has 0 aliphatic carbocycles. The maximum Gasteiger partial charge on any atom is 0.408 e. The van der Waals surface area contributed by atoms with Crippen molar-refractivity contribution >= 4 is 17.8 Å². The number of ether oxygens (including phenoxy) is 1. The van der Waals surface area contributed by atoms with Gasteiger partial charge in [0.25, 0.3) is 0 Å². The van der Waals surface area contributed by atoms with Crippen molar-refractivity contribution < 1.29 is 14.3 Å². The third-order valence-electron chi connectivity index (χ3n) is 4.08. The Labute approximate surface area is 163 Å². The fraction of sp³-hybridized carbons (Fsp3) is 0.190. The number of alkyl carbamates (subject to hydrolysis) is 1. The van der Waals surface area contributed by atoms with Gasteiger partial charge in [-0.05, 0) is 18.1 Å². The Morgan fingerprint density at radius 2 is 1.64 bits per heavy atom. The Hall–Kier alpha value is -3.61. The van der Waals surface area contributed by atoms with E-state index in [0.29, 0.717) is 12.4 Å². The predicted molar refractivity (Wildman–Crippen MR) is 106 cm³/mol. The highest BCUT2D eigenvalue weighted by molar-refractivity contribution is 5.95. The fourth-order valence-electron chi connectivity index (χ4n) is 2.56. The Morgan fingerprint density at radius 3 is 2.32 bits per heavy atom. The molecule has 2 amide bonds. The number of benzene rings is 2. The van der Waals surface area contributed by atoms with Gasteiger partial charge in [0, 0.05) is 6.07 Å². The van der Waals surface area contributed by atoms with Crippen LogP contribution >= 0.6 is 0 Å². The molecular weight excluding hydrogens is 356 g/mol. The summed E-state index contributed by atoms with van der Waals surface area (Å²) < 4.78 is 6.83. The summed E-state index contributed by atoms with van der Waals surface area (Å²) in [5.74, 6) is 0.201. The van der Waals surface area contributed by atoms with Gasteiger partial charge in [-0.15, -0.1) is 0 Å². The first-order valence-electron chi connectivity index (χ1n) is 8.95. The van der Waals surface area contributed by atoms with Crippen molar-refractivity contribution in [3.63, 3.8) is 0 Å². The van der Waals surface area contributed by atoms with Crippen LogP contribution in [0.4, 0.5) is 10.6 Å². The number of carbonyl (C=O) groups excluding carboxylic acids is 2. The van der Waals surface area contributed by atoms with Gasteiger partial charge in [0.15, 0.2) is 0 Å². The molecule has 2 N–H and O–H groups in total. The summed E-state index contributed by atoms with van der Waals surface area (Å²) in [4.78, 5) is 24.3. The largest absolute Gasteiger partial charge is 0.445 e. The second-order valence-electron chi connectivity index (χ2n) is 6.28. The highest BCUT2D eigenvalue weighted by Crippen LogP contribution is 2.10. The van der Waals surface area contributed by atoms with Crippen LogP contribution in [0.25, 0.3) is 0 Å². The Bertz CT molecular complexity index is 910. The molecular formula is C21H22N4O3. The highest BCUT2D eigenvalue weighted by atomic mass is 16.5. The second kappa shape index (κ2) is 9.36. The van der Waals surface area contributed by atoms with E-state index >= 15 is 0 Å². The van der Waals surface area contributed by atoms with Crippen LogP contribution in [-0.4, -0.2) is 27.8 Å². The van der Waals surface area contributed by atoms with Crippen LogP contribution in [0, 0.1) is 0 Å². The number of aromatic nitrogens is 2. The molecule has 0 aliphatic heterocycles. The summed E-state index contributed by atoms with van der Waals surface area (Å²) in [6, 6.07) is 20.1. The number of nitrogens with one attached hydrogen (secondary N) is 2. The van der Waals surface area contributed by atoms with Crippen LogP contribution in [0.3, 0.4) is 0 Å². The van der Waals surface area contributed by atoms with Crippen LogP contribution < -0.4 is 10.6 Å². The van der Waals surface area contributed by atoms with Crippen molar-refractivity contribution in [2.75, 3.05) is 5.32 Å². The minimum absolute atomic E-state index is 0.144. The zero-order valence-corrected chi connectivity index (χ0v) is 15.5. The molecule has 144 valence electrons. The van der Waals surface area contributed by atoms with E-state index in [1.165, 1.54) is 0 Å². The third kappa shape index (κ3) is 5.44. The molecule has 7 nitrogen and oxygen atoms in total. The van der Waals surface area contributed by atoms with E-state index in [-0.39, 0.29) is 12.5 Å². The van der Waals surface area contributed by atoms with Gasteiger partial charge < -0.3 is 15.4 Å². The third-order valence-corrected chi connectivity index (χ3v) is 4.08. The van der Waals surface area contributed by atoms with Crippen LogP contribution in [0.5, 0.6) is 0 Å². The number of hydrogen-bond acceptors (Lipinski definition) is 4. The average Bonchev–Trinajstić information content (AvgIpc) is 3.14. The van der Waals surface area contributed by atoms with Gasteiger partial charge in [0.2, 0.25) is 5.91 Å². The second-order valence-corrected chi connectivity index (χ2v) is 6.28. The SMILES string of the molecule is C[C@@H](NC(=O)OCc1ccccc1)C(=O)Nc1ccnn1Cc1ccccc1. The molecule has 0 radical (unpaired) electrons.